The number of rotatable bonds is 11. The number of ether oxygens (including phenoxy) is 2. The van der Waals surface area contributed by atoms with Crippen LogP contribution in [0.5, 0.6) is 11.5 Å². The lowest BCUT2D eigenvalue weighted by molar-refractivity contribution is 0.285. The van der Waals surface area contributed by atoms with Gasteiger partial charge >= 0.3 is 0 Å². The first-order valence-electron chi connectivity index (χ1n) is 7.92. The van der Waals surface area contributed by atoms with Crippen molar-refractivity contribution in [1.29, 1.82) is 0 Å². The summed E-state index contributed by atoms with van der Waals surface area (Å²) in [5.74, 6) is 1.38. The topological polar surface area (TPSA) is 30.5 Å². The fraction of sp³-hybridized carbons (Fsp3) is 0.647. The molecule has 0 radical (unpaired) electrons. The second-order valence-corrected chi connectivity index (χ2v) is 5.60. The van der Waals surface area contributed by atoms with Gasteiger partial charge in [0.1, 0.15) is 0 Å². The van der Waals surface area contributed by atoms with Crippen molar-refractivity contribution in [3.8, 4) is 11.5 Å². The molecule has 0 aliphatic rings. The van der Waals surface area contributed by atoms with E-state index < -0.39 is 0 Å². The fourth-order valence-electron chi connectivity index (χ4n) is 2.13. The van der Waals surface area contributed by atoms with Crippen molar-refractivity contribution >= 4 is 11.6 Å². The highest BCUT2D eigenvalue weighted by Crippen LogP contribution is 2.36. The molecule has 0 heterocycles. The summed E-state index contributed by atoms with van der Waals surface area (Å²) in [4.78, 5) is 0. The summed E-state index contributed by atoms with van der Waals surface area (Å²) in [6.45, 7) is 6.82. The Hall–Kier alpha value is -0.930. The van der Waals surface area contributed by atoms with Gasteiger partial charge in [0.2, 0.25) is 0 Å². The van der Waals surface area contributed by atoms with E-state index in [1.165, 1.54) is 19.3 Å². The zero-order valence-electron chi connectivity index (χ0n) is 13.5. The molecule has 4 heteroatoms. The number of methoxy groups -OCH3 is 1. The van der Waals surface area contributed by atoms with Crippen molar-refractivity contribution < 1.29 is 9.47 Å². The minimum atomic E-state index is 0.623. The van der Waals surface area contributed by atoms with E-state index in [0.717, 1.165) is 31.5 Å². The SMILES string of the molecule is CCCCCCOc1c(Cl)cc(CNCCC)cc1OC. The van der Waals surface area contributed by atoms with Crippen LogP contribution in [0.4, 0.5) is 0 Å². The van der Waals surface area contributed by atoms with Gasteiger partial charge in [-0.25, -0.2) is 0 Å². The molecule has 0 bridgehead atoms. The highest BCUT2D eigenvalue weighted by Gasteiger charge is 2.11. The Balaban J connectivity index is 2.61. The Morgan fingerprint density at radius 1 is 1.10 bits per heavy atom. The lowest BCUT2D eigenvalue weighted by Crippen LogP contribution is -2.14. The van der Waals surface area contributed by atoms with Gasteiger partial charge in [0.25, 0.3) is 0 Å². The number of benzene rings is 1. The minimum absolute atomic E-state index is 0.623. The van der Waals surface area contributed by atoms with E-state index >= 15 is 0 Å². The molecule has 3 nitrogen and oxygen atoms in total. The number of nitrogens with one attached hydrogen (secondary N) is 1. The first-order chi connectivity index (χ1) is 10.2. The molecule has 0 aliphatic carbocycles. The van der Waals surface area contributed by atoms with E-state index in [4.69, 9.17) is 21.1 Å². The highest BCUT2D eigenvalue weighted by atomic mass is 35.5. The van der Waals surface area contributed by atoms with Crippen LogP contribution in [0.15, 0.2) is 12.1 Å². The monoisotopic (exact) mass is 313 g/mol. The van der Waals surface area contributed by atoms with Gasteiger partial charge in [-0.15, -0.1) is 0 Å². The van der Waals surface area contributed by atoms with E-state index in [2.05, 4.69) is 19.2 Å². The standard InChI is InChI=1S/C17H28ClNO2/c1-4-6-7-8-10-21-17-15(18)11-14(12-16(17)20-3)13-19-9-5-2/h11-12,19H,4-10,13H2,1-3H3. The molecule has 0 saturated heterocycles. The van der Waals surface area contributed by atoms with Gasteiger partial charge in [0, 0.05) is 6.54 Å². The van der Waals surface area contributed by atoms with Crippen LogP contribution in [-0.2, 0) is 6.54 Å². The molecule has 0 amide bonds. The van der Waals surface area contributed by atoms with Crippen LogP contribution in [0.1, 0.15) is 51.5 Å². The lowest BCUT2D eigenvalue weighted by atomic mass is 10.2. The van der Waals surface area contributed by atoms with Gasteiger partial charge in [-0.2, -0.15) is 0 Å². The summed E-state index contributed by atoms with van der Waals surface area (Å²) in [7, 11) is 1.65. The predicted octanol–water partition coefficient (Wildman–Crippen LogP) is 4.81. The maximum absolute atomic E-state index is 6.33. The third kappa shape index (κ3) is 6.58. The average molecular weight is 314 g/mol. The van der Waals surface area contributed by atoms with Crippen LogP contribution in [0.2, 0.25) is 5.02 Å². The number of halogens is 1. The zero-order chi connectivity index (χ0) is 15.5. The number of hydrogen-bond donors (Lipinski definition) is 1. The van der Waals surface area contributed by atoms with Crippen LogP contribution < -0.4 is 14.8 Å². The largest absolute Gasteiger partial charge is 0.493 e. The van der Waals surface area contributed by atoms with E-state index in [1.807, 2.05) is 12.1 Å². The minimum Gasteiger partial charge on any atom is -0.493 e. The summed E-state index contributed by atoms with van der Waals surface area (Å²) < 4.78 is 11.2. The van der Waals surface area contributed by atoms with Crippen LogP contribution in [-0.4, -0.2) is 20.3 Å². The molecule has 1 aromatic rings. The summed E-state index contributed by atoms with van der Waals surface area (Å²) in [5.41, 5.74) is 1.11. The Morgan fingerprint density at radius 3 is 2.57 bits per heavy atom. The summed E-state index contributed by atoms with van der Waals surface area (Å²) >= 11 is 6.33. The number of hydrogen-bond acceptors (Lipinski definition) is 3. The van der Waals surface area contributed by atoms with Crippen molar-refractivity contribution in [2.24, 2.45) is 0 Å². The molecule has 1 rings (SSSR count). The van der Waals surface area contributed by atoms with E-state index in [1.54, 1.807) is 7.11 Å². The second-order valence-electron chi connectivity index (χ2n) is 5.19. The normalized spacial score (nSPS) is 10.7. The maximum Gasteiger partial charge on any atom is 0.179 e. The van der Waals surface area contributed by atoms with Crippen molar-refractivity contribution in [2.45, 2.75) is 52.5 Å². The third-order valence-corrected chi connectivity index (χ3v) is 3.57. The summed E-state index contributed by atoms with van der Waals surface area (Å²) in [6.07, 6.45) is 5.83. The molecule has 120 valence electrons. The molecule has 1 N–H and O–H groups in total. The average Bonchev–Trinajstić information content (AvgIpc) is 2.48. The van der Waals surface area contributed by atoms with E-state index in [0.29, 0.717) is 23.1 Å². The Labute approximate surface area is 134 Å². The fourth-order valence-corrected chi connectivity index (χ4v) is 2.42. The van der Waals surface area contributed by atoms with Gasteiger partial charge in [0.15, 0.2) is 11.5 Å². The van der Waals surface area contributed by atoms with Crippen molar-refractivity contribution in [3.63, 3.8) is 0 Å². The maximum atomic E-state index is 6.33. The predicted molar refractivity (Wildman–Crippen MR) is 89.6 cm³/mol. The van der Waals surface area contributed by atoms with Crippen LogP contribution in [0, 0.1) is 0 Å². The highest BCUT2D eigenvalue weighted by molar-refractivity contribution is 6.32. The molecule has 0 saturated carbocycles. The molecule has 0 aliphatic heterocycles. The number of unbranched alkanes of at least 4 members (excludes halogenated alkanes) is 3. The molecule has 21 heavy (non-hydrogen) atoms. The Bertz CT molecular complexity index is 410. The van der Waals surface area contributed by atoms with Crippen molar-refractivity contribution in [1.82, 2.24) is 5.32 Å². The third-order valence-electron chi connectivity index (χ3n) is 3.29. The molecular weight excluding hydrogens is 286 g/mol. The quantitative estimate of drug-likeness (QED) is 0.595. The van der Waals surface area contributed by atoms with Crippen molar-refractivity contribution in [2.75, 3.05) is 20.3 Å². The lowest BCUT2D eigenvalue weighted by Gasteiger charge is -2.14. The Morgan fingerprint density at radius 2 is 1.90 bits per heavy atom. The molecule has 1 aromatic carbocycles. The molecule has 0 unspecified atom stereocenters. The molecule has 0 spiro atoms. The Kier molecular flexibility index (Phi) is 9.27. The van der Waals surface area contributed by atoms with Crippen LogP contribution >= 0.6 is 11.6 Å². The first kappa shape index (κ1) is 18.1. The van der Waals surface area contributed by atoms with Crippen LogP contribution in [0.3, 0.4) is 0 Å². The van der Waals surface area contributed by atoms with Gasteiger partial charge in [0.05, 0.1) is 18.7 Å². The molecular formula is C17H28ClNO2. The van der Waals surface area contributed by atoms with Gasteiger partial charge in [-0.3, -0.25) is 0 Å². The molecule has 0 atom stereocenters. The van der Waals surface area contributed by atoms with E-state index in [-0.39, 0.29) is 0 Å². The van der Waals surface area contributed by atoms with Gasteiger partial charge in [-0.1, -0.05) is 44.7 Å². The first-order valence-corrected chi connectivity index (χ1v) is 8.30. The van der Waals surface area contributed by atoms with Gasteiger partial charge < -0.3 is 14.8 Å². The molecule has 0 aromatic heterocycles. The summed E-state index contributed by atoms with van der Waals surface area (Å²) in [6, 6.07) is 3.95. The second kappa shape index (κ2) is 10.7. The van der Waals surface area contributed by atoms with Crippen molar-refractivity contribution in [3.05, 3.63) is 22.7 Å². The van der Waals surface area contributed by atoms with Gasteiger partial charge in [-0.05, 0) is 37.1 Å². The van der Waals surface area contributed by atoms with E-state index in [9.17, 15) is 0 Å². The molecule has 0 fully saturated rings. The summed E-state index contributed by atoms with van der Waals surface area (Å²) in [5, 5.41) is 3.98. The smallest absolute Gasteiger partial charge is 0.179 e. The zero-order valence-corrected chi connectivity index (χ0v) is 14.3. The van der Waals surface area contributed by atoms with Crippen LogP contribution in [0.25, 0.3) is 0 Å².